The summed E-state index contributed by atoms with van der Waals surface area (Å²) in [5.41, 5.74) is 4.18. The minimum Gasteiger partial charge on any atom is -0.361 e. The maximum Gasteiger partial charge on any atom is 0.161 e. The van der Waals surface area contributed by atoms with E-state index < -0.39 is 5.60 Å². The summed E-state index contributed by atoms with van der Waals surface area (Å²) in [6, 6.07) is 18.1. The van der Waals surface area contributed by atoms with Gasteiger partial charge in [0.1, 0.15) is 5.60 Å². The first kappa shape index (κ1) is 20.3. The zero-order valence-corrected chi connectivity index (χ0v) is 17.5. The number of hydrogen-bond acceptors (Lipinski definition) is 3. The number of carbonyl (C=O) groups is 1. The minimum atomic E-state index is -0.837. The highest BCUT2D eigenvalue weighted by atomic mass is 35.5. The minimum absolute atomic E-state index is 0.0121. The molecule has 0 aliphatic rings. The summed E-state index contributed by atoms with van der Waals surface area (Å²) in [5.74, 6) is -0.0121. The maximum absolute atomic E-state index is 11.7. The van der Waals surface area contributed by atoms with E-state index in [1.54, 1.807) is 13.8 Å². The normalized spacial score (nSPS) is 11.6. The molecule has 146 valence electrons. The molecule has 0 atom stereocenters. The lowest BCUT2D eigenvalue weighted by atomic mass is 10.1. The first-order chi connectivity index (χ1) is 13.3. The molecule has 0 saturated carbocycles. The molecule has 2 aromatic carbocycles. The summed E-state index contributed by atoms with van der Waals surface area (Å²) < 4.78 is 7.77. The highest BCUT2D eigenvalue weighted by Crippen LogP contribution is 2.25. The molecule has 0 saturated heterocycles. The molecule has 0 amide bonds. The van der Waals surface area contributed by atoms with Crippen molar-refractivity contribution < 1.29 is 9.53 Å². The van der Waals surface area contributed by atoms with Crippen molar-refractivity contribution in [3.63, 3.8) is 0 Å². The van der Waals surface area contributed by atoms with Gasteiger partial charge in [-0.15, -0.1) is 0 Å². The Hall–Kier alpha value is -2.43. The molecule has 0 aliphatic carbocycles. The first-order valence-electron chi connectivity index (χ1n) is 9.28. The lowest BCUT2D eigenvalue weighted by Crippen LogP contribution is -2.32. The number of benzene rings is 2. The highest BCUT2D eigenvalue weighted by molar-refractivity contribution is 6.31. The van der Waals surface area contributed by atoms with Crippen LogP contribution in [0.4, 0.5) is 0 Å². The van der Waals surface area contributed by atoms with Gasteiger partial charge in [-0.25, -0.2) is 0 Å². The van der Waals surface area contributed by atoms with Crippen molar-refractivity contribution in [2.75, 3.05) is 0 Å². The van der Waals surface area contributed by atoms with Gasteiger partial charge in [0.05, 0.1) is 24.5 Å². The zero-order valence-electron chi connectivity index (χ0n) is 16.7. The molecule has 4 nitrogen and oxygen atoms in total. The number of carbonyl (C=O) groups excluding carboxylic acids is 1. The molecule has 3 aromatic rings. The number of nitrogens with zero attached hydrogens (tertiary/aromatic N) is 2. The van der Waals surface area contributed by atoms with Crippen LogP contribution in [0.15, 0.2) is 54.6 Å². The monoisotopic (exact) mass is 396 g/mol. The van der Waals surface area contributed by atoms with Crippen LogP contribution >= 0.6 is 11.6 Å². The molecular formula is C23H25ClN2O2. The molecule has 0 N–H and O–H groups in total. The molecule has 1 heterocycles. The maximum atomic E-state index is 11.7. The van der Waals surface area contributed by atoms with Crippen LogP contribution in [-0.2, 0) is 22.7 Å². The third kappa shape index (κ3) is 4.70. The molecule has 1 aromatic heterocycles. The topological polar surface area (TPSA) is 44.1 Å². The highest BCUT2D eigenvalue weighted by Gasteiger charge is 2.25. The smallest absolute Gasteiger partial charge is 0.161 e. The zero-order chi connectivity index (χ0) is 20.3. The average Bonchev–Trinajstić information content (AvgIpc) is 3.05. The third-order valence-corrected chi connectivity index (χ3v) is 5.22. The van der Waals surface area contributed by atoms with Crippen LogP contribution in [0.2, 0.25) is 5.02 Å². The predicted octanol–water partition coefficient (Wildman–Crippen LogP) is 5.44. The molecule has 0 bridgehead atoms. The number of hydrogen-bond donors (Lipinski definition) is 0. The molecule has 0 spiro atoms. The number of halogens is 1. The average molecular weight is 397 g/mol. The van der Waals surface area contributed by atoms with Crippen molar-refractivity contribution in [2.24, 2.45) is 0 Å². The molecule has 0 aliphatic heterocycles. The van der Waals surface area contributed by atoms with Gasteiger partial charge in [-0.3, -0.25) is 9.48 Å². The SMILES string of the molecule is CC(=O)C(C)(C)OCc1cc(-c2cccc(C)c2)n(Cc2ccccc2Cl)n1. The van der Waals surface area contributed by atoms with E-state index in [9.17, 15) is 4.79 Å². The summed E-state index contributed by atoms with van der Waals surface area (Å²) in [4.78, 5) is 11.7. The molecule has 28 heavy (non-hydrogen) atoms. The van der Waals surface area contributed by atoms with Gasteiger partial charge in [0.15, 0.2) is 5.78 Å². The summed E-state index contributed by atoms with van der Waals surface area (Å²) in [6.45, 7) is 7.97. The van der Waals surface area contributed by atoms with Gasteiger partial charge in [-0.2, -0.15) is 5.10 Å². The van der Waals surface area contributed by atoms with Crippen LogP contribution < -0.4 is 0 Å². The second kappa shape index (κ2) is 8.29. The van der Waals surface area contributed by atoms with Crippen LogP contribution in [-0.4, -0.2) is 21.2 Å². The molecule has 0 radical (unpaired) electrons. The molecule has 5 heteroatoms. The second-order valence-electron chi connectivity index (χ2n) is 7.49. The van der Waals surface area contributed by atoms with Crippen molar-refractivity contribution in [2.45, 2.75) is 46.4 Å². The van der Waals surface area contributed by atoms with E-state index in [4.69, 9.17) is 21.4 Å². The van der Waals surface area contributed by atoms with Crippen molar-refractivity contribution in [3.8, 4) is 11.3 Å². The third-order valence-electron chi connectivity index (χ3n) is 4.85. The largest absolute Gasteiger partial charge is 0.361 e. The van der Waals surface area contributed by atoms with Gasteiger partial charge >= 0.3 is 0 Å². The van der Waals surface area contributed by atoms with Crippen molar-refractivity contribution in [1.82, 2.24) is 9.78 Å². The van der Waals surface area contributed by atoms with Crippen LogP contribution in [0.25, 0.3) is 11.3 Å². The first-order valence-corrected chi connectivity index (χ1v) is 9.66. The molecular weight excluding hydrogens is 372 g/mol. The second-order valence-corrected chi connectivity index (χ2v) is 7.90. The number of Topliss-reactive ketones (excluding diaryl/α,β-unsaturated/α-hetero) is 1. The van der Waals surface area contributed by atoms with E-state index in [1.807, 2.05) is 41.1 Å². The summed E-state index contributed by atoms with van der Waals surface area (Å²) in [6.07, 6.45) is 0. The van der Waals surface area contributed by atoms with E-state index in [1.165, 1.54) is 12.5 Å². The summed E-state index contributed by atoms with van der Waals surface area (Å²) in [5, 5.41) is 5.45. The van der Waals surface area contributed by atoms with Crippen LogP contribution in [0.5, 0.6) is 0 Å². The van der Waals surface area contributed by atoms with E-state index >= 15 is 0 Å². The van der Waals surface area contributed by atoms with E-state index in [0.717, 1.165) is 22.5 Å². The molecule has 0 unspecified atom stereocenters. The van der Waals surface area contributed by atoms with Gasteiger partial charge in [0.2, 0.25) is 0 Å². The molecule has 3 rings (SSSR count). The van der Waals surface area contributed by atoms with E-state index in [0.29, 0.717) is 11.6 Å². The Labute approximate surface area is 171 Å². The Balaban J connectivity index is 1.95. The predicted molar refractivity (Wildman–Crippen MR) is 113 cm³/mol. The van der Waals surface area contributed by atoms with Crippen LogP contribution in [0.1, 0.15) is 37.6 Å². The number of rotatable bonds is 7. The Morgan fingerprint density at radius 3 is 2.57 bits per heavy atom. The fraction of sp³-hybridized carbons (Fsp3) is 0.304. The van der Waals surface area contributed by atoms with Crippen molar-refractivity contribution in [1.29, 1.82) is 0 Å². The summed E-state index contributed by atoms with van der Waals surface area (Å²) in [7, 11) is 0. The fourth-order valence-corrected chi connectivity index (χ4v) is 3.04. The Kier molecular flexibility index (Phi) is 6.01. The van der Waals surface area contributed by atoms with Crippen LogP contribution in [0.3, 0.4) is 0 Å². The van der Waals surface area contributed by atoms with Gasteiger partial charge in [0.25, 0.3) is 0 Å². The number of ether oxygens (including phenoxy) is 1. The summed E-state index contributed by atoms with van der Waals surface area (Å²) >= 11 is 6.36. The quantitative estimate of drug-likeness (QED) is 0.533. The Morgan fingerprint density at radius 2 is 1.89 bits per heavy atom. The van der Waals surface area contributed by atoms with Crippen molar-refractivity contribution in [3.05, 3.63) is 76.4 Å². The lowest BCUT2D eigenvalue weighted by Gasteiger charge is -2.21. The van der Waals surface area contributed by atoms with Crippen LogP contribution in [0, 0.1) is 6.92 Å². The number of aromatic nitrogens is 2. The molecule has 0 fully saturated rings. The lowest BCUT2D eigenvalue weighted by molar-refractivity contribution is -0.139. The van der Waals surface area contributed by atoms with Gasteiger partial charge in [0, 0.05) is 10.6 Å². The van der Waals surface area contributed by atoms with Gasteiger partial charge in [-0.1, -0.05) is 53.6 Å². The Bertz CT molecular complexity index is 992. The van der Waals surface area contributed by atoms with Gasteiger partial charge in [-0.05, 0) is 51.5 Å². The Morgan fingerprint density at radius 1 is 1.14 bits per heavy atom. The standard InChI is InChI=1S/C23H25ClN2O2/c1-16-8-7-10-18(12-16)22-13-20(15-28-23(3,4)17(2)27)25-26(22)14-19-9-5-6-11-21(19)24/h5-13H,14-15H2,1-4H3. The number of ketones is 1. The fourth-order valence-electron chi connectivity index (χ4n) is 2.84. The van der Waals surface area contributed by atoms with E-state index in [-0.39, 0.29) is 12.4 Å². The van der Waals surface area contributed by atoms with Gasteiger partial charge < -0.3 is 4.74 Å². The van der Waals surface area contributed by atoms with Crippen molar-refractivity contribution >= 4 is 17.4 Å². The van der Waals surface area contributed by atoms with E-state index in [2.05, 4.69) is 25.1 Å². The number of aryl methyl sites for hydroxylation is 1.